The zero-order valence-electron chi connectivity index (χ0n) is 22.2. The molecule has 0 N–H and O–H groups in total. The number of azide groups is 1. The Balaban J connectivity index is 1.89. The molecule has 1 aromatic rings. The minimum Gasteiger partial charge on any atom is -0.458 e. The molecule has 1 fully saturated rings. The van der Waals surface area contributed by atoms with Gasteiger partial charge >= 0.3 is 5.97 Å². The van der Waals surface area contributed by atoms with Gasteiger partial charge in [-0.1, -0.05) is 46.2 Å². The number of rotatable bonds is 6. The number of esters is 1. The fourth-order valence-electron chi connectivity index (χ4n) is 4.66. The number of hydrogen-bond acceptors (Lipinski definition) is 6. The third kappa shape index (κ3) is 8.64. The van der Waals surface area contributed by atoms with Crippen LogP contribution in [-0.4, -0.2) is 54.8 Å². The van der Waals surface area contributed by atoms with Gasteiger partial charge in [0.25, 0.3) is 5.91 Å². The van der Waals surface area contributed by atoms with Gasteiger partial charge in [-0.25, -0.2) is 4.79 Å². The Labute approximate surface area is 229 Å². The van der Waals surface area contributed by atoms with Crippen LogP contribution in [0.15, 0.2) is 40.6 Å². The number of carbonyl (C=O) groups is 2. The molecule has 1 aromatic carbocycles. The van der Waals surface area contributed by atoms with Gasteiger partial charge in [-0.05, 0) is 80.7 Å². The highest BCUT2D eigenvalue weighted by Crippen LogP contribution is 2.30. The molecule has 1 unspecified atom stereocenters. The highest BCUT2D eigenvalue weighted by molar-refractivity contribution is 6.33. The van der Waals surface area contributed by atoms with Gasteiger partial charge in [0.15, 0.2) is 6.61 Å². The first-order chi connectivity index (χ1) is 18.4. The summed E-state index contributed by atoms with van der Waals surface area (Å²) >= 11 is 6.74. The molecule has 9 nitrogen and oxygen atoms in total. The van der Waals surface area contributed by atoms with Crippen molar-refractivity contribution >= 4 is 29.2 Å². The van der Waals surface area contributed by atoms with Crippen molar-refractivity contribution in [3.8, 4) is 0 Å². The first-order valence-electron chi connectivity index (χ1n) is 13.2. The zero-order chi connectivity index (χ0) is 27.3. The van der Waals surface area contributed by atoms with Gasteiger partial charge < -0.3 is 14.5 Å². The van der Waals surface area contributed by atoms with E-state index < -0.39 is 12.1 Å². The summed E-state index contributed by atoms with van der Waals surface area (Å²) < 4.78 is 5.89. The quantitative estimate of drug-likeness (QED) is 0.103. The van der Waals surface area contributed by atoms with E-state index in [2.05, 4.69) is 15.2 Å². The molecule has 38 heavy (non-hydrogen) atoms. The van der Waals surface area contributed by atoms with E-state index >= 15 is 0 Å². The Kier molecular flexibility index (Phi) is 11.7. The molecule has 2 aliphatic rings. The highest BCUT2D eigenvalue weighted by atomic mass is 35.5. The number of piperidine rings is 1. The third-order valence-electron chi connectivity index (χ3n) is 6.64. The van der Waals surface area contributed by atoms with Crippen molar-refractivity contribution in [2.24, 2.45) is 10.3 Å². The number of ether oxygens (including phenoxy) is 1. The Hall–Kier alpha value is -3.29. The molecular weight excluding hydrogens is 506 g/mol. The van der Waals surface area contributed by atoms with Crippen LogP contribution in [0, 0.1) is 13.8 Å². The molecule has 2 aliphatic heterocycles. The second-order valence-electron chi connectivity index (χ2n) is 9.61. The van der Waals surface area contributed by atoms with Crippen LogP contribution < -0.4 is 0 Å². The molecule has 0 aromatic heterocycles. The van der Waals surface area contributed by atoms with Crippen molar-refractivity contribution in [3.63, 3.8) is 0 Å². The largest absolute Gasteiger partial charge is 0.458 e. The zero-order valence-corrected chi connectivity index (χ0v) is 23.0. The van der Waals surface area contributed by atoms with E-state index in [1.807, 2.05) is 49.1 Å². The molecular formula is C28H36ClN5O4. The first kappa shape index (κ1) is 29.3. The van der Waals surface area contributed by atoms with Gasteiger partial charge in [-0.3, -0.25) is 4.79 Å². The molecule has 0 spiro atoms. The number of cyclic esters (lactones) is 1. The fourth-order valence-corrected chi connectivity index (χ4v) is 4.88. The van der Waals surface area contributed by atoms with E-state index in [9.17, 15) is 9.59 Å². The number of allylic oxidation sites excluding steroid dienone is 3. The van der Waals surface area contributed by atoms with Crippen molar-refractivity contribution in [3.05, 3.63) is 68.1 Å². The van der Waals surface area contributed by atoms with Crippen LogP contribution in [0.4, 0.5) is 0 Å². The molecule has 0 saturated carbocycles. The Morgan fingerprint density at radius 1 is 1.18 bits per heavy atom. The predicted molar refractivity (Wildman–Crippen MR) is 148 cm³/mol. The Morgan fingerprint density at radius 3 is 2.71 bits per heavy atom. The number of aryl methyl sites for hydroxylation is 2. The van der Waals surface area contributed by atoms with Gasteiger partial charge in [-0.2, -0.15) is 0 Å². The van der Waals surface area contributed by atoms with E-state index in [-0.39, 0.29) is 25.5 Å². The predicted octanol–water partition coefficient (Wildman–Crippen LogP) is 6.41. The fraction of sp³-hybridized carbons (Fsp3) is 0.536. The van der Waals surface area contributed by atoms with Crippen LogP contribution in [0.5, 0.6) is 0 Å². The molecule has 1 amide bonds. The molecule has 1 atom stereocenters. The molecule has 0 radical (unpaired) electrons. The van der Waals surface area contributed by atoms with E-state index in [1.54, 1.807) is 0 Å². The van der Waals surface area contributed by atoms with Crippen molar-refractivity contribution in [1.29, 1.82) is 0 Å². The number of benzene rings is 1. The summed E-state index contributed by atoms with van der Waals surface area (Å²) in [5.41, 5.74) is 11.8. The third-order valence-corrected chi connectivity index (χ3v) is 7.17. The maximum absolute atomic E-state index is 13.4. The Bertz CT molecular complexity index is 1130. The van der Waals surface area contributed by atoms with Crippen LogP contribution >= 0.6 is 11.6 Å². The molecule has 0 bridgehead atoms. The normalized spacial score (nSPS) is 21.4. The minimum atomic E-state index is -0.486. The maximum atomic E-state index is 13.4. The molecule has 204 valence electrons. The summed E-state index contributed by atoms with van der Waals surface area (Å²) in [5.74, 6) is -0.565. The average Bonchev–Trinajstić information content (AvgIpc) is 2.90. The monoisotopic (exact) mass is 541 g/mol. The van der Waals surface area contributed by atoms with Gasteiger partial charge in [0.1, 0.15) is 6.10 Å². The Morgan fingerprint density at radius 2 is 1.95 bits per heavy atom. The number of likely N-dealkylation sites (tertiary alicyclic amines) is 1. The number of nitrogens with zero attached hydrogens (tertiary/aromatic N) is 5. The van der Waals surface area contributed by atoms with Gasteiger partial charge in [0.05, 0.1) is 11.3 Å². The summed E-state index contributed by atoms with van der Waals surface area (Å²) in [6.45, 7) is 5.33. The van der Waals surface area contributed by atoms with Crippen molar-refractivity contribution < 1.29 is 19.2 Å². The number of amides is 1. The lowest BCUT2D eigenvalue weighted by atomic mass is 9.94. The summed E-state index contributed by atoms with van der Waals surface area (Å²) in [4.78, 5) is 36.1. The van der Waals surface area contributed by atoms with E-state index in [0.717, 1.165) is 56.3 Å². The highest BCUT2D eigenvalue weighted by Gasteiger charge is 2.24. The summed E-state index contributed by atoms with van der Waals surface area (Å²) in [6, 6.07) is 1.86. The number of fused-ring (bicyclic) bond motifs is 1. The first-order valence-corrected chi connectivity index (χ1v) is 13.6. The summed E-state index contributed by atoms with van der Waals surface area (Å²) in [5, 5.41) is 8.34. The standard InChI is InChI=1S/C28H36ClN5O4/c1-20-17-21(2)27(29)24-18-22(32-37-19-25(35)34-15-9-6-10-16-34)11-7-4-3-5-8-12-23(13-14-31-33-30)38-28(36)26(20)24/h5,7-8,11,17,23H,3-4,6,9-10,12-16,18-19H2,1-2H3/b8-5+,11-7+,32-22+. The second kappa shape index (κ2) is 15.2. The average molecular weight is 542 g/mol. The topological polar surface area (TPSA) is 117 Å². The molecule has 2 heterocycles. The maximum Gasteiger partial charge on any atom is 0.339 e. The summed E-state index contributed by atoms with van der Waals surface area (Å²) in [7, 11) is 0. The van der Waals surface area contributed by atoms with Gasteiger partial charge in [0.2, 0.25) is 0 Å². The molecule has 0 aliphatic carbocycles. The molecule has 1 saturated heterocycles. The van der Waals surface area contributed by atoms with E-state index in [1.165, 1.54) is 0 Å². The van der Waals surface area contributed by atoms with Crippen molar-refractivity contribution in [2.45, 2.75) is 71.3 Å². The van der Waals surface area contributed by atoms with E-state index in [0.29, 0.717) is 34.7 Å². The van der Waals surface area contributed by atoms with Gasteiger partial charge in [0, 0.05) is 42.4 Å². The van der Waals surface area contributed by atoms with Crippen molar-refractivity contribution in [2.75, 3.05) is 26.2 Å². The SMILES string of the molecule is Cc1cc(C)c2c(c1Cl)CC(=N/OCC(=O)N1CCCCC1)/C=C/CC/C=C/CC(CCN=[N+]=[N-])OC2=O. The van der Waals surface area contributed by atoms with Crippen molar-refractivity contribution in [1.82, 2.24) is 4.90 Å². The summed E-state index contributed by atoms with van der Waals surface area (Å²) in [6.07, 6.45) is 13.3. The number of halogens is 1. The minimum absolute atomic E-state index is 0.0791. The van der Waals surface area contributed by atoms with Crippen LogP contribution in [0.3, 0.4) is 0 Å². The smallest absolute Gasteiger partial charge is 0.339 e. The lowest BCUT2D eigenvalue weighted by molar-refractivity contribution is -0.137. The lowest BCUT2D eigenvalue weighted by Crippen LogP contribution is -2.37. The molecule has 10 heteroatoms. The number of oxime groups is 1. The van der Waals surface area contributed by atoms with E-state index in [4.69, 9.17) is 26.7 Å². The van der Waals surface area contributed by atoms with Crippen LogP contribution in [0.2, 0.25) is 5.02 Å². The lowest BCUT2D eigenvalue weighted by Gasteiger charge is -2.26. The van der Waals surface area contributed by atoms with Gasteiger partial charge in [-0.15, -0.1) is 0 Å². The molecule has 3 rings (SSSR count). The second-order valence-corrected chi connectivity index (χ2v) is 9.99. The van der Waals surface area contributed by atoms with Crippen LogP contribution in [0.25, 0.3) is 10.4 Å². The number of hydrogen-bond donors (Lipinski definition) is 0. The van der Waals surface area contributed by atoms with Crippen LogP contribution in [0.1, 0.15) is 72.0 Å². The number of carbonyl (C=O) groups excluding carboxylic acids is 2. The van der Waals surface area contributed by atoms with Crippen LogP contribution in [-0.2, 0) is 20.8 Å².